The lowest BCUT2D eigenvalue weighted by Crippen LogP contribution is -2.28. The van der Waals surface area contributed by atoms with Gasteiger partial charge >= 0.3 is 5.76 Å². The lowest BCUT2D eigenvalue weighted by molar-refractivity contribution is 0.550. The summed E-state index contributed by atoms with van der Waals surface area (Å²) >= 11 is 0. The van der Waals surface area contributed by atoms with Crippen molar-refractivity contribution < 1.29 is 4.42 Å². The normalized spacial score (nSPS) is 12.2. The number of nitrogens with one attached hydrogen (secondary N) is 1. The fourth-order valence-electron chi connectivity index (χ4n) is 1.35. The number of aromatic amines is 1. The highest BCUT2D eigenvalue weighted by molar-refractivity contribution is 5.73. The number of aromatic nitrogens is 1. The van der Waals surface area contributed by atoms with Gasteiger partial charge in [-0.2, -0.15) is 0 Å². The van der Waals surface area contributed by atoms with Gasteiger partial charge in [-0.3, -0.25) is 4.98 Å². The van der Waals surface area contributed by atoms with Gasteiger partial charge in [-0.05, 0) is 31.5 Å². The average molecular weight is 192 g/mol. The first-order chi connectivity index (χ1) is 6.47. The topological polar surface area (TPSA) is 72.0 Å². The molecule has 2 rings (SSSR count). The standard InChI is InChI=1S/C10H12N2O2/c1-10(2,11)6-3-4-8-7(5-6)12-9(13)14-8/h3-5H,11H2,1-2H3,(H,12,13). The van der Waals surface area contributed by atoms with Crippen LogP contribution in [-0.4, -0.2) is 4.98 Å². The van der Waals surface area contributed by atoms with Gasteiger partial charge in [0.05, 0.1) is 5.52 Å². The molecule has 0 unspecified atom stereocenters. The number of benzene rings is 1. The summed E-state index contributed by atoms with van der Waals surface area (Å²) in [6, 6.07) is 5.44. The molecule has 0 saturated heterocycles. The second kappa shape index (κ2) is 2.72. The summed E-state index contributed by atoms with van der Waals surface area (Å²) in [6.07, 6.45) is 0. The van der Waals surface area contributed by atoms with Gasteiger partial charge in [-0.1, -0.05) is 6.07 Å². The van der Waals surface area contributed by atoms with Crippen molar-refractivity contribution in [3.63, 3.8) is 0 Å². The second-order valence-electron chi connectivity index (χ2n) is 3.95. The predicted octanol–water partition coefficient (Wildman–Crippen LogP) is 1.31. The van der Waals surface area contributed by atoms with Crippen LogP contribution in [0.15, 0.2) is 27.4 Å². The molecule has 2 aromatic rings. The smallest absolute Gasteiger partial charge is 0.408 e. The quantitative estimate of drug-likeness (QED) is 0.715. The van der Waals surface area contributed by atoms with Crippen LogP contribution in [0.4, 0.5) is 0 Å². The minimum absolute atomic E-state index is 0.414. The van der Waals surface area contributed by atoms with Crippen molar-refractivity contribution >= 4 is 11.1 Å². The van der Waals surface area contributed by atoms with Crippen LogP contribution in [0.3, 0.4) is 0 Å². The molecule has 14 heavy (non-hydrogen) atoms. The van der Waals surface area contributed by atoms with E-state index in [0.717, 1.165) is 5.56 Å². The maximum atomic E-state index is 10.9. The number of oxazole rings is 1. The number of hydrogen-bond acceptors (Lipinski definition) is 3. The third-order valence-corrected chi connectivity index (χ3v) is 2.16. The first-order valence-electron chi connectivity index (χ1n) is 4.39. The van der Waals surface area contributed by atoms with E-state index in [-0.39, 0.29) is 0 Å². The summed E-state index contributed by atoms with van der Waals surface area (Å²) in [5.41, 5.74) is 7.72. The lowest BCUT2D eigenvalue weighted by Gasteiger charge is -2.18. The molecule has 3 N–H and O–H groups in total. The van der Waals surface area contributed by atoms with E-state index in [0.29, 0.717) is 11.1 Å². The van der Waals surface area contributed by atoms with Crippen LogP contribution in [0.25, 0.3) is 11.1 Å². The van der Waals surface area contributed by atoms with E-state index in [9.17, 15) is 4.79 Å². The molecule has 4 heteroatoms. The van der Waals surface area contributed by atoms with Gasteiger partial charge in [0.1, 0.15) is 0 Å². The van der Waals surface area contributed by atoms with Gasteiger partial charge < -0.3 is 10.2 Å². The zero-order valence-corrected chi connectivity index (χ0v) is 8.13. The van der Waals surface area contributed by atoms with Crippen molar-refractivity contribution in [3.8, 4) is 0 Å². The van der Waals surface area contributed by atoms with Crippen LogP contribution in [0.1, 0.15) is 19.4 Å². The molecule has 0 aliphatic heterocycles. The van der Waals surface area contributed by atoms with Crippen molar-refractivity contribution in [2.45, 2.75) is 19.4 Å². The predicted molar refractivity (Wildman–Crippen MR) is 54.0 cm³/mol. The van der Waals surface area contributed by atoms with Gasteiger partial charge in [0.15, 0.2) is 5.58 Å². The van der Waals surface area contributed by atoms with E-state index in [2.05, 4.69) is 4.98 Å². The molecule has 0 aliphatic rings. The minimum atomic E-state index is -0.438. The maximum Gasteiger partial charge on any atom is 0.417 e. The highest BCUT2D eigenvalue weighted by Gasteiger charge is 2.15. The molecular weight excluding hydrogens is 180 g/mol. The minimum Gasteiger partial charge on any atom is -0.408 e. The first-order valence-corrected chi connectivity index (χ1v) is 4.39. The third-order valence-electron chi connectivity index (χ3n) is 2.16. The van der Waals surface area contributed by atoms with E-state index in [4.69, 9.17) is 10.2 Å². The summed E-state index contributed by atoms with van der Waals surface area (Å²) in [6.45, 7) is 3.82. The zero-order chi connectivity index (χ0) is 10.3. The monoisotopic (exact) mass is 192 g/mol. The van der Waals surface area contributed by atoms with Crippen LogP contribution in [0.5, 0.6) is 0 Å². The Kier molecular flexibility index (Phi) is 1.75. The van der Waals surface area contributed by atoms with Crippen molar-refractivity contribution in [2.24, 2.45) is 5.73 Å². The highest BCUT2D eigenvalue weighted by atomic mass is 16.4. The Balaban J connectivity index is 2.67. The molecule has 0 spiro atoms. The van der Waals surface area contributed by atoms with Gasteiger partial charge in [0.2, 0.25) is 0 Å². The Bertz CT molecular complexity index is 517. The van der Waals surface area contributed by atoms with E-state index in [1.54, 1.807) is 6.07 Å². The summed E-state index contributed by atoms with van der Waals surface area (Å²) < 4.78 is 4.88. The second-order valence-corrected chi connectivity index (χ2v) is 3.95. The Labute approximate surface area is 80.7 Å². The Morgan fingerprint density at radius 3 is 2.79 bits per heavy atom. The molecule has 0 amide bonds. The number of rotatable bonds is 1. The number of fused-ring (bicyclic) bond motifs is 1. The molecule has 1 aromatic carbocycles. The largest absolute Gasteiger partial charge is 0.417 e. The molecule has 0 radical (unpaired) electrons. The summed E-state index contributed by atoms with van der Waals surface area (Å²) in [7, 11) is 0. The fourth-order valence-corrected chi connectivity index (χ4v) is 1.35. The van der Waals surface area contributed by atoms with Crippen molar-refractivity contribution in [3.05, 3.63) is 34.3 Å². The van der Waals surface area contributed by atoms with Crippen molar-refractivity contribution in [1.82, 2.24) is 4.98 Å². The molecule has 1 aromatic heterocycles. The molecule has 0 bridgehead atoms. The molecule has 1 heterocycles. The van der Waals surface area contributed by atoms with Crippen LogP contribution >= 0.6 is 0 Å². The number of hydrogen-bond donors (Lipinski definition) is 2. The van der Waals surface area contributed by atoms with Crippen LogP contribution in [-0.2, 0) is 5.54 Å². The Morgan fingerprint density at radius 1 is 1.43 bits per heavy atom. The van der Waals surface area contributed by atoms with Crippen molar-refractivity contribution in [2.75, 3.05) is 0 Å². The molecule has 0 aliphatic carbocycles. The average Bonchev–Trinajstić information content (AvgIpc) is 2.41. The van der Waals surface area contributed by atoms with Crippen molar-refractivity contribution in [1.29, 1.82) is 0 Å². The summed E-state index contributed by atoms with van der Waals surface area (Å²) in [5, 5.41) is 0. The van der Waals surface area contributed by atoms with Crippen LogP contribution < -0.4 is 11.5 Å². The third kappa shape index (κ3) is 1.44. The van der Waals surface area contributed by atoms with E-state index in [1.165, 1.54) is 0 Å². The molecule has 0 atom stereocenters. The Morgan fingerprint density at radius 2 is 2.14 bits per heavy atom. The summed E-state index contributed by atoms with van der Waals surface area (Å²) in [5.74, 6) is -0.438. The first kappa shape index (κ1) is 9.02. The van der Waals surface area contributed by atoms with E-state index < -0.39 is 11.3 Å². The number of H-pyrrole nitrogens is 1. The van der Waals surface area contributed by atoms with Gasteiger partial charge in [0.25, 0.3) is 0 Å². The highest BCUT2D eigenvalue weighted by Crippen LogP contribution is 2.20. The van der Waals surface area contributed by atoms with E-state index in [1.807, 2.05) is 26.0 Å². The lowest BCUT2D eigenvalue weighted by atomic mass is 9.95. The van der Waals surface area contributed by atoms with E-state index >= 15 is 0 Å². The number of nitrogens with two attached hydrogens (primary N) is 1. The fraction of sp³-hybridized carbons (Fsp3) is 0.300. The van der Waals surface area contributed by atoms with Gasteiger partial charge in [0, 0.05) is 5.54 Å². The maximum absolute atomic E-state index is 10.9. The molecule has 0 saturated carbocycles. The molecular formula is C10H12N2O2. The van der Waals surface area contributed by atoms with Gasteiger partial charge in [-0.25, -0.2) is 4.79 Å². The zero-order valence-electron chi connectivity index (χ0n) is 8.13. The Hall–Kier alpha value is -1.55. The van der Waals surface area contributed by atoms with Gasteiger partial charge in [-0.15, -0.1) is 0 Å². The molecule has 0 fully saturated rings. The van der Waals surface area contributed by atoms with Crippen LogP contribution in [0, 0.1) is 0 Å². The molecule has 74 valence electrons. The summed E-state index contributed by atoms with van der Waals surface area (Å²) in [4.78, 5) is 13.5. The molecule has 4 nitrogen and oxygen atoms in total. The SMILES string of the molecule is CC(C)(N)c1ccc2oc(=O)[nH]c2c1. The van der Waals surface area contributed by atoms with Crippen LogP contribution in [0.2, 0.25) is 0 Å².